The maximum Gasteiger partial charge on any atom is 0.0976 e. The Morgan fingerprint density at radius 2 is 2.13 bits per heavy atom. The maximum atomic E-state index is 4.36. The minimum Gasteiger partial charge on any atom is -0.279 e. The third-order valence-corrected chi connectivity index (χ3v) is 2.42. The molecule has 0 amide bonds. The Morgan fingerprint density at radius 1 is 1.13 bits per heavy atom. The van der Waals surface area contributed by atoms with Crippen molar-refractivity contribution in [3.8, 4) is 0 Å². The van der Waals surface area contributed by atoms with E-state index in [-0.39, 0.29) is 0 Å². The summed E-state index contributed by atoms with van der Waals surface area (Å²) in [6.45, 7) is 0.760. The average Bonchev–Trinajstić information content (AvgIpc) is 3.01. The molecule has 0 aromatic heterocycles. The van der Waals surface area contributed by atoms with Gasteiger partial charge < -0.3 is 0 Å². The molecule has 3 aliphatic heterocycles. The predicted octanol–water partition coefficient (Wildman–Crippen LogP) is 1.86. The summed E-state index contributed by atoms with van der Waals surface area (Å²) in [5.41, 5.74) is 3.91. The van der Waals surface area contributed by atoms with Gasteiger partial charge in [0.25, 0.3) is 0 Å². The number of allylic oxidation sites excluding steroid dienone is 5. The van der Waals surface area contributed by atoms with Crippen LogP contribution in [0.15, 0.2) is 62.8 Å². The lowest BCUT2D eigenvalue weighted by Gasteiger charge is -2.02. The van der Waals surface area contributed by atoms with E-state index in [2.05, 4.69) is 15.0 Å². The molecule has 0 aromatic rings. The molecule has 0 spiro atoms. The zero-order valence-corrected chi connectivity index (χ0v) is 8.09. The van der Waals surface area contributed by atoms with Gasteiger partial charge in [-0.05, 0) is 24.3 Å². The second-order valence-electron chi connectivity index (χ2n) is 3.36. The standard InChI is InChI=1S/C12H9N3/c1-3-10(13-6-1)9-5-8-15-12(9)11-4-2-7-14-11/h1-6,8H,7H2. The zero-order valence-electron chi connectivity index (χ0n) is 8.09. The average molecular weight is 195 g/mol. The summed E-state index contributed by atoms with van der Waals surface area (Å²) in [5, 5.41) is 0. The second kappa shape index (κ2) is 3.28. The minimum absolute atomic E-state index is 0.760. The SMILES string of the molecule is C1=CC(=C2C=CN=C2C2=NCC=C2)N=C1. The van der Waals surface area contributed by atoms with Crippen LogP contribution in [0.3, 0.4) is 0 Å². The Morgan fingerprint density at radius 3 is 2.87 bits per heavy atom. The van der Waals surface area contributed by atoms with Gasteiger partial charge in [-0.1, -0.05) is 6.08 Å². The van der Waals surface area contributed by atoms with E-state index >= 15 is 0 Å². The van der Waals surface area contributed by atoms with Crippen molar-refractivity contribution < 1.29 is 0 Å². The van der Waals surface area contributed by atoms with Crippen molar-refractivity contribution in [2.75, 3.05) is 6.54 Å². The van der Waals surface area contributed by atoms with E-state index in [9.17, 15) is 0 Å². The molecule has 72 valence electrons. The summed E-state index contributed by atoms with van der Waals surface area (Å²) in [6.07, 6.45) is 13.5. The van der Waals surface area contributed by atoms with Crippen molar-refractivity contribution in [1.82, 2.24) is 0 Å². The van der Waals surface area contributed by atoms with Crippen LogP contribution in [0.5, 0.6) is 0 Å². The molecule has 0 bridgehead atoms. The van der Waals surface area contributed by atoms with E-state index in [1.54, 1.807) is 12.4 Å². The van der Waals surface area contributed by atoms with E-state index in [0.717, 1.165) is 29.2 Å². The lowest BCUT2D eigenvalue weighted by Crippen LogP contribution is -2.11. The van der Waals surface area contributed by atoms with Gasteiger partial charge in [-0.2, -0.15) is 0 Å². The van der Waals surface area contributed by atoms with Crippen LogP contribution in [0, 0.1) is 0 Å². The van der Waals surface area contributed by atoms with Crippen molar-refractivity contribution in [3.05, 3.63) is 47.9 Å². The van der Waals surface area contributed by atoms with E-state index in [0.29, 0.717) is 0 Å². The summed E-state index contributed by atoms with van der Waals surface area (Å²) in [5.74, 6) is 0. The van der Waals surface area contributed by atoms with Crippen molar-refractivity contribution in [2.45, 2.75) is 0 Å². The highest BCUT2D eigenvalue weighted by Gasteiger charge is 2.18. The Hall–Kier alpha value is -2.03. The molecule has 3 rings (SSSR count). The first-order chi connectivity index (χ1) is 7.45. The molecular weight excluding hydrogens is 186 g/mol. The Balaban J connectivity index is 2.05. The van der Waals surface area contributed by atoms with E-state index < -0.39 is 0 Å². The molecule has 3 heterocycles. The van der Waals surface area contributed by atoms with Crippen molar-refractivity contribution in [2.24, 2.45) is 15.0 Å². The monoisotopic (exact) mass is 195 g/mol. The van der Waals surface area contributed by atoms with Gasteiger partial charge in [-0.25, -0.2) is 0 Å². The fourth-order valence-corrected chi connectivity index (χ4v) is 1.73. The van der Waals surface area contributed by atoms with Crippen LogP contribution in [0.2, 0.25) is 0 Å². The topological polar surface area (TPSA) is 37.1 Å². The number of hydrogen-bond acceptors (Lipinski definition) is 3. The van der Waals surface area contributed by atoms with Crippen LogP contribution in [-0.2, 0) is 0 Å². The molecular formula is C12H9N3. The van der Waals surface area contributed by atoms with Crippen LogP contribution in [0.1, 0.15) is 0 Å². The predicted molar refractivity (Wildman–Crippen MR) is 62.7 cm³/mol. The third-order valence-electron chi connectivity index (χ3n) is 2.42. The molecule has 0 N–H and O–H groups in total. The molecule has 3 nitrogen and oxygen atoms in total. The minimum atomic E-state index is 0.760. The molecule has 3 aliphatic rings. The fourth-order valence-electron chi connectivity index (χ4n) is 1.73. The quantitative estimate of drug-likeness (QED) is 0.612. The number of nitrogens with zero attached hydrogens (tertiary/aromatic N) is 3. The molecule has 0 aliphatic carbocycles. The first-order valence-electron chi connectivity index (χ1n) is 4.86. The summed E-state index contributed by atoms with van der Waals surface area (Å²) in [6, 6.07) is 0. The van der Waals surface area contributed by atoms with Gasteiger partial charge in [0, 0.05) is 18.0 Å². The summed E-state index contributed by atoms with van der Waals surface area (Å²) < 4.78 is 0. The lowest BCUT2D eigenvalue weighted by molar-refractivity contribution is 1.29. The number of aliphatic imine (C=N–C) groups is 3. The van der Waals surface area contributed by atoms with E-state index in [1.165, 1.54) is 0 Å². The highest BCUT2D eigenvalue weighted by atomic mass is 14.8. The molecule has 15 heavy (non-hydrogen) atoms. The molecule has 0 unspecified atom stereocenters. The Bertz CT molecular complexity index is 497. The number of hydrogen-bond donors (Lipinski definition) is 0. The molecule has 0 aromatic carbocycles. The van der Waals surface area contributed by atoms with Crippen LogP contribution >= 0.6 is 0 Å². The van der Waals surface area contributed by atoms with Gasteiger partial charge in [0.15, 0.2) is 0 Å². The molecule has 0 saturated carbocycles. The first kappa shape index (κ1) is 8.29. The maximum absolute atomic E-state index is 4.36. The summed E-state index contributed by atoms with van der Waals surface area (Å²) in [7, 11) is 0. The largest absolute Gasteiger partial charge is 0.279 e. The lowest BCUT2D eigenvalue weighted by atomic mass is 10.1. The van der Waals surface area contributed by atoms with Crippen LogP contribution in [0.25, 0.3) is 0 Å². The molecule has 0 atom stereocenters. The van der Waals surface area contributed by atoms with E-state index in [4.69, 9.17) is 0 Å². The van der Waals surface area contributed by atoms with Gasteiger partial charge in [0.2, 0.25) is 0 Å². The van der Waals surface area contributed by atoms with E-state index in [1.807, 2.05) is 30.4 Å². The summed E-state index contributed by atoms with van der Waals surface area (Å²) >= 11 is 0. The smallest absolute Gasteiger partial charge is 0.0976 e. The van der Waals surface area contributed by atoms with Crippen LogP contribution in [0.4, 0.5) is 0 Å². The van der Waals surface area contributed by atoms with Gasteiger partial charge in [0.05, 0.1) is 23.7 Å². The van der Waals surface area contributed by atoms with Gasteiger partial charge in [-0.3, -0.25) is 15.0 Å². The Kier molecular flexibility index (Phi) is 1.81. The molecule has 0 fully saturated rings. The van der Waals surface area contributed by atoms with Crippen LogP contribution in [-0.4, -0.2) is 24.2 Å². The normalized spacial score (nSPS) is 26.7. The second-order valence-corrected chi connectivity index (χ2v) is 3.36. The van der Waals surface area contributed by atoms with Gasteiger partial charge in [-0.15, -0.1) is 0 Å². The Labute approximate surface area is 87.7 Å². The molecule has 0 saturated heterocycles. The van der Waals surface area contributed by atoms with Crippen molar-refractivity contribution in [1.29, 1.82) is 0 Å². The highest BCUT2D eigenvalue weighted by Crippen LogP contribution is 2.20. The zero-order chi connectivity index (χ0) is 10.1. The van der Waals surface area contributed by atoms with Crippen molar-refractivity contribution >= 4 is 17.6 Å². The third kappa shape index (κ3) is 1.32. The van der Waals surface area contributed by atoms with Gasteiger partial charge in [0.1, 0.15) is 0 Å². The van der Waals surface area contributed by atoms with Crippen molar-refractivity contribution in [3.63, 3.8) is 0 Å². The molecule has 3 heteroatoms. The van der Waals surface area contributed by atoms with Gasteiger partial charge >= 0.3 is 0 Å². The number of rotatable bonds is 1. The summed E-state index contributed by atoms with van der Waals surface area (Å²) in [4.78, 5) is 13.0. The van der Waals surface area contributed by atoms with Crippen LogP contribution < -0.4 is 0 Å². The highest BCUT2D eigenvalue weighted by molar-refractivity contribution is 6.53. The molecule has 0 radical (unpaired) electrons. The first-order valence-corrected chi connectivity index (χ1v) is 4.86. The fraction of sp³-hybridized carbons (Fsp3) is 0.0833.